The summed E-state index contributed by atoms with van der Waals surface area (Å²) >= 11 is 0. The van der Waals surface area contributed by atoms with Crippen LogP contribution in [-0.2, 0) is 0 Å². The second-order valence-corrected chi connectivity index (χ2v) is 3.24. The Labute approximate surface area is 77.1 Å². The fourth-order valence-electron chi connectivity index (χ4n) is 1.61. The van der Waals surface area contributed by atoms with Crippen molar-refractivity contribution in [2.24, 2.45) is 5.10 Å². The van der Waals surface area contributed by atoms with Crippen LogP contribution in [0.3, 0.4) is 0 Å². The average Bonchev–Trinajstić information content (AvgIpc) is 2.67. The van der Waals surface area contributed by atoms with Crippen LogP contribution in [-0.4, -0.2) is 35.3 Å². The predicted molar refractivity (Wildman–Crippen MR) is 49.6 cm³/mol. The summed E-state index contributed by atoms with van der Waals surface area (Å²) in [6.07, 6.45) is 7.61. The lowest BCUT2D eigenvalue weighted by Crippen LogP contribution is -2.47. The van der Waals surface area contributed by atoms with Crippen molar-refractivity contribution >= 4 is 6.21 Å². The van der Waals surface area contributed by atoms with Gasteiger partial charge in [-0.1, -0.05) is 0 Å². The first-order valence-electron chi connectivity index (χ1n) is 4.51. The zero-order valence-electron chi connectivity index (χ0n) is 7.35. The van der Waals surface area contributed by atoms with E-state index in [1.165, 1.54) is 0 Å². The van der Waals surface area contributed by atoms with E-state index >= 15 is 0 Å². The largest absolute Gasteiger partial charge is 0.395 e. The number of rotatable bonds is 2. The maximum atomic E-state index is 8.93. The number of hydrogen-bond acceptors (Lipinski definition) is 5. The predicted octanol–water partition coefficient (Wildman–Crippen LogP) is -0.623. The van der Waals surface area contributed by atoms with Gasteiger partial charge in [-0.25, -0.2) is 0 Å². The van der Waals surface area contributed by atoms with E-state index in [0.29, 0.717) is 0 Å². The van der Waals surface area contributed by atoms with E-state index in [1.54, 1.807) is 11.3 Å². The van der Waals surface area contributed by atoms with Gasteiger partial charge in [0.2, 0.25) is 0 Å². The molecule has 2 unspecified atom stereocenters. The Kier molecular flexibility index (Phi) is 2.47. The highest BCUT2D eigenvalue weighted by Crippen LogP contribution is 2.14. The van der Waals surface area contributed by atoms with Gasteiger partial charge in [0, 0.05) is 12.2 Å². The lowest BCUT2D eigenvalue weighted by atomic mass is 10.2. The molecule has 0 saturated carbocycles. The zero-order chi connectivity index (χ0) is 9.10. The molecule has 3 N–H and O–H groups in total. The van der Waals surface area contributed by atoms with Crippen molar-refractivity contribution in [1.29, 1.82) is 0 Å². The van der Waals surface area contributed by atoms with Gasteiger partial charge >= 0.3 is 0 Å². The molecule has 1 fully saturated rings. The molecular weight excluding hydrogens is 168 g/mol. The molecule has 0 amide bonds. The number of aliphatic hydroxyl groups excluding tert-OH is 1. The summed E-state index contributed by atoms with van der Waals surface area (Å²) in [7, 11) is 0. The van der Waals surface area contributed by atoms with E-state index in [0.717, 1.165) is 12.8 Å². The van der Waals surface area contributed by atoms with Gasteiger partial charge in [-0.15, -0.1) is 0 Å². The van der Waals surface area contributed by atoms with Crippen LogP contribution in [0.4, 0.5) is 0 Å². The molecule has 1 saturated heterocycles. The van der Waals surface area contributed by atoms with E-state index in [9.17, 15) is 0 Å². The Morgan fingerprint density at radius 3 is 3.08 bits per heavy atom. The molecule has 2 heterocycles. The Balaban J connectivity index is 1.88. The molecular formula is C8H14N4O. The highest BCUT2D eigenvalue weighted by atomic mass is 16.3. The zero-order valence-corrected chi connectivity index (χ0v) is 7.35. The number of nitrogens with one attached hydrogen (secondary N) is 2. The maximum absolute atomic E-state index is 8.93. The van der Waals surface area contributed by atoms with E-state index in [1.807, 2.05) is 12.3 Å². The third-order valence-corrected chi connectivity index (χ3v) is 2.31. The molecule has 0 aromatic carbocycles. The number of hydrogen-bond donors (Lipinski definition) is 3. The lowest BCUT2D eigenvalue weighted by Gasteiger charge is -2.27. The molecule has 72 valence electrons. The number of hydrazine groups is 1. The molecule has 0 spiro atoms. The van der Waals surface area contributed by atoms with Crippen LogP contribution in [0.2, 0.25) is 0 Å². The summed E-state index contributed by atoms with van der Waals surface area (Å²) in [6.45, 7) is 0.198. The quantitative estimate of drug-likeness (QED) is 0.532. The van der Waals surface area contributed by atoms with Gasteiger partial charge in [0.05, 0.1) is 12.8 Å². The number of aliphatic hydroxyl groups is 1. The van der Waals surface area contributed by atoms with Crippen LogP contribution >= 0.6 is 0 Å². The minimum atomic E-state index is 0.193. The molecule has 0 aromatic heterocycles. The normalized spacial score (nSPS) is 32.2. The molecule has 0 aromatic rings. The van der Waals surface area contributed by atoms with Gasteiger partial charge < -0.3 is 5.11 Å². The summed E-state index contributed by atoms with van der Waals surface area (Å²) in [5, 5.41) is 18.1. The molecule has 2 aliphatic heterocycles. The van der Waals surface area contributed by atoms with Gasteiger partial charge in [0.15, 0.2) is 0 Å². The third kappa shape index (κ3) is 1.81. The van der Waals surface area contributed by atoms with E-state index in [-0.39, 0.29) is 18.8 Å². The van der Waals surface area contributed by atoms with E-state index in [4.69, 9.17) is 5.11 Å². The van der Waals surface area contributed by atoms with Crippen molar-refractivity contribution in [1.82, 2.24) is 15.9 Å². The fourth-order valence-corrected chi connectivity index (χ4v) is 1.61. The van der Waals surface area contributed by atoms with Gasteiger partial charge in [-0.2, -0.15) is 10.2 Å². The van der Waals surface area contributed by atoms with Crippen molar-refractivity contribution in [2.45, 2.75) is 25.0 Å². The number of hydrazone groups is 1. The molecule has 2 atom stereocenters. The van der Waals surface area contributed by atoms with Crippen molar-refractivity contribution in [3.05, 3.63) is 12.3 Å². The van der Waals surface area contributed by atoms with Crippen LogP contribution < -0.4 is 10.7 Å². The summed E-state index contributed by atoms with van der Waals surface area (Å²) in [5.41, 5.74) is 3.02. The van der Waals surface area contributed by atoms with Gasteiger partial charge in [-0.05, 0) is 18.9 Å². The first-order chi connectivity index (χ1) is 6.40. The molecule has 13 heavy (non-hydrogen) atoms. The Hall–Kier alpha value is -1.07. The van der Waals surface area contributed by atoms with Crippen molar-refractivity contribution in [2.75, 3.05) is 6.61 Å². The van der Waals surface area contributed by atoms with Crippen molar-refractivity contribution in [3.8, 4) is 0 Å². The first kappa shape index (κ1) is 8.52. The van der Waals surface area contributed by atoms with Gasteiger partial charge in [0.25, 0.3) is 0 Å². The van der Waals surface area contributed by atoms with Crippen molar-refractivity contribution in [3.63, 3.8) is 0 Å². The minimum Gasteiger partial charge on any atom is -0.395 e. The van der Waals surface area contributed by atoms with Crippen LogP contribution in [0, 0.1) is 0 Å². The summed E-state index contributed by atoms with van der Waals surface area (Å²) in [4.78, 5) is 0. The second kappa shape index (κ2) is 3.76. The van der Waals surface area contributed by atoms with Crippen LogP contribution in [0.1, 0.15) is 12.8 Å². The van der Waals surface area contributed by atoms with Crippen LogP contribution in [0.5, 0.6) is 0 Å². The molecule has 2 aliphatic rings. The van der Waals surface area contributed by atoms with Gasteiger partial charge in [0.1, 0.15) is 6.17 Å². The molecule has 5 heteroatoms. The minimum absolute atomic E-state index is 0.193. The molecule has 0 aliphatic carbocycles. The smallest absolute Gasteiger partial charge is 0.119 e. The molecule has 2 rings (SSSR count). The second-order valence-electron chi connectivity index (χ2n) is 3.24. The standard InChI is InChI=1S/C8H14N4O/c13-6-7-2-3-8(11-7)12-9-4-1-5-10-12/h1,4-5,7-9,11,13H,2-3,6H2. The van der Waals surface area contributed by atoms with Crippen LogP contribution in [0.15, 0.2) is 17.4 Å². The average molecular weight is 182 g/mol. The van der Waals surface area contributed by atoms with Crippen LogP contribution in [0.25, 0.3) is 0 Å². The third-order valence-electron chi connectivity index (χ3n) is 2.31. The highest BCUT2D eigenvalue weighted by Gasteiger charge is 2.27. The number of allylic oxidation sites excluding steroid dienone is 1. The Morgan fingerprint density at radius 1 is 1.54 bits per heavy atom. The summed E-state index contributed by atoms with van der Waals surface area (Å²) in [6, 6.07) is 0.216. The summed E-state index contributed by atoms with van der Waals surface area (Å²) in [5.74, 6) is 0. The van der Waals surface area contributed by atoms with E-state index in [2.05, 4.69) is 15.8 Å². The highest BCUT2D eigenvalue weighted by molar-refractivity contribution is 5.71. The monoisotopic (exact) mass is 182 g/mol. The molecule has 0 bridgehead atoms. The molecule has 0 radical (unpaired) electrons. The van der Waals surface area contributed by atoms with E-state index < -0.39 is 0 Å². The topological polar surface area (TPSA) is 59.9 Å². The maximum Gasteiger partial charge on any atom is 0.119 e. The number of nitrogens with zero attached hydrogens (tertiary/aromatic N) is 2. The first-order valence-corrected chi connectivity index (χ1v) is 4.51. The summed E-state index contributed by atoms with van der Waals surface area (Å²) < 4.78 is 0. The lowest BCUT2D eigenvalue weighted by molar-refractivity contribution is 0.132. The fraction of sp³-hybridized carbons (Fsp3) is 0.625. The Morgan fingerprint density at radius 2 is 2.46 bits per heavy atom. The van der Waals surface area contributed by atoms with Gasteiger partial charge in [-0.3, -0.25) is 10.7 Å². The SMILES string of the molecule is OCC1CCC(N2N=CC=CN2)N1. The Bertz CT molecular complexity index is 228. The molecule has 5 nitrogen and oxygen atoms in total. The van der Waals surface area contributed by atoms with Crippen molar-refractivity contribution < 1.29 is 5.11 Å².